The maximum Gasteiger partial charge on any atom is 0.342 e. The topological polar surface area (TPSA) is 95.6 Å². The second kappa shape index (κ2) is 6.12. The van der Waals surface area contributed by atoms with Crippen molar-refractivity contribution in [2.75, 3.05) is 33.3 Å². The van der Waals surface area contributed by atoms with Crippen molar-refractivity contribution in [3.05, 3.63) is 11.8 Å². The molecule has 1 aromatic heterocycles. The van der Waals surface area contributed by atoms with E-state index in [-0.39, 0.29) is 23.2 Å². The van der Waals surface area contributed by atoms with Crippen molar-refractivity contribution in [1.82, 2.24) is 19.4 Å². The molecule has 1 N–H and O–H groups in total. The standard InChI is InChI=1S/C12H20N4O4S/c1-4-20-12(17)10-7-13-14-11(10)21(18,19)16-6-5-15(3)9(2)8-16/h7,9H,4-6,8H2,1-3H3,(H,13,14). The van der Waals surface area contributed by atoms with Crippen molar-refractivity contribution in [1.29, 1.82) is 0 Å². The van der Waals surface area contributed by atoms with Crippen LogP contribution in [0.2, 0.25) is 0 Å². The van der Waals surface area contributed by atoms with Crippen LogP contribution in [-0.4, -0.2) is 73.1 Å². The van der Waals surface area contributed by atoms with Gasteiger partial charge in [-0.3, -0.25) is 5.10 Å². The van der Waals surface area contributed by atoms with E-state index in [4.69, 9.17) is 4.74 Å². The Morgan fingerprint density at radius 3 is 2.86 bits per heavy atom. The average Bonchev–Trinajstić information content (AvgIpc) is 2.92. The Kier molecular flexibility index (Phi) is 4.64. The van der Waals surface area contributed by atoms with Crippen molar-refractivity contribution >= 4 is 16.0 Å². The van der Waals surface area contributed by atoms with E-state index in [1.807, 2.05) is 14.0 Å². The monoisotopic (exact) mass is 316 g/mol. The summed E-state index contributed by atoms with van der Waals surface area (Å²) in [5, 5.41) is 5.90. The molecule has 1 aromatic rings. The maximum absolute atomic E-state index is 12.7. The van der Waals surface area contributed by atoms with Crippen LogP contribution >= 0.6 is 0 Å². The zero-order valence-corrected chi connectivity index (χ0v) is 13.2. The fraction of sp³-hybridized carbons (Fsp3) is 0.667. The minimum absolute atomic E-state index is 0.0524. The van der Waals surface area contributed by atoms with E-state index in [2.05, 4.69) is 15.1 Å². The zero-order chi connectivity index (χ0) is 15.6. The number of piperazine rings is 1. The number of aromatic nitrogens is 2. The smallest absolute Gasteiger partial charge is 0.342 e. The number of hydrogen-bond donors (Lipinski definition) is 1. The molecule has 0 amide bonds. The normalized spacial score (nSPS) is 21.4. The summed E-state index contributed by atoms with van der Waals surface area (Å²) < 4.78 is 31.5. The van der Waals surface area contributed by atoms with Gasteiger partial charge in [0.25, 0.3) is 10.0 Å². The number of nitrogens with one attached hydrogen (secondary N) is 1. The number of likely N-dealkylation sites (N-methyl/N-ethyl adjacent to an activating group) is 1. The van der Waals surface area contributed by atoms with Crippen LogP contribution in [0.25, 0.3) is 0 Å². The van der Waals surface area contributed by atoms with Gasteiger partial charge in [0, 0.05) is 25.7 Å². The molecule has 0 aromatic carbocycles. The fourth-order valence-corrected chi connectivity index (χ4v) is 3.76. The van der Waals surface area contributed by atoms with E-state index in [9.17, 15) is 13.2 Å². The highest BCUT2D eigenvalue weighted by molar-refractivity contribution is 7.89. The highest BCUT2D eigenvalue weighted by Crippen LogP contribution is 2.21. The molecule has 0 aliphatic carbocycles. The summed E-state index contributed by atoms with van der Waals surface area (Å²) in [6, 6.07) is 0.113. The first-order valence-corrected chi connectivity index (χ1v) is 8.22. The lowest BCUT2D eigenvalue weighted by Gasteiger charge is -2.36. The molecule has 2 heterocycles. The van der Waals surface area contributed by atoms with Gasteiger partial charge in [0.1, 0.15) is 5.56 Å². The van der Waals surface area contributed by atoms with Crippen LogP contribution in [0.5, 0.6) is 0 Å². The van der Waals surface area contributed by atoms with Crippen LogP contribution in [0.4, 0.5) is 0 Å². The SMILES string of the molecule is CCOC(=O)c1cn[nH]c1S(=O)(=O)N1CCN(C)C(C)C1. The van der Waals surface area contributed by atoms with Crippen LogP contribution in [-0.2, 0) is 14.8 Å². The number of aromatic amines is 1. The molecule has 9 heteroatoms. The van der Waals surface area contributed by atoms with Gasteiger partial charge in [-0.05, 0) is 20.9 Å². The largest absolute Gasteiger partial charge is 0.462 e. The molecular formula is C12H20N4O4S. The van der Waals surface area contributed by atoms with Gasteiger partial charge in [-0.1, -0.05) is 0 Å². The quantitative estimate of drug-likeness (QED) is 0.780. The predicted molar refractivity (Wildman–Crippen MR) is 75.4 cm³/mol. The molecule has 8 nitrogen and oxygen atoms in total. The molecule has 0 spiro atoms. The number of H-pyrrole nitrogens is 1. The van der Waals surface area contributed by atoms with E-state index < -0.39 is 16.0 Å². The van der Waals surface area contributed by atoms with Gasteiger partial charge in [0.05, 0.1) is 12.8 Å². The molecular weight excluding hydrogens is 296 g/mol. The van der Waals surface area contributed by atoms with E-state index in [0.717, 1.165) is 0 Å². The van der Waals surface area contributed by atoms with E-state index in [1.54, 1.807) is 6.92 Å². The van der Waals surface area contributed by atoms with Gasteiger partial charge in [-0.15, -0.1) is 0 Å². The summed E-state index contributed by atoms with van der Waals surface area (Å²) >= 11 is 0. The number of carbonyl (C=O) groups is 1. The number of sulfonamides is 1. The predicted octanol–water partition coefficient (Wildman–Crippen LogP) is -0.0890. The van der Waals surface area contributed by atoms with Crippen molar-refractivity contribution in [3.8, 4) is 0 Å². The second-order valence-electron chi connectivity index (χ2n) is 5.03. The Morgan fingerprint density at radius 2 is 2.24 bits per heavy atom. The van der Waals surface area contributed by atoms with Gasteiger partial charge in [-0.25, -0.2) is 13.2 Å². The molecule has 0 saturated carbocycles. The molecule has 1 atom stereocenters. The molecule has 1 unspecified atom stereocenters. The first kappa shape index (κ1) is 15.9. The highest BCUT2D eigenvalue weighted by Gasteiger charge is 2.35. The lowest BCUT2D eigenvalue weighted by molar-refractivity contribution is 0.0521. The van der Waals surface area contributed by atoms with Crippen LogP contribution in [0.1, 0.15) is 24.2 Å². The number of rotatable bonds is 4. The summed E-state index contributed by atoms with van der Waals surface area (Å²) in [6.07, 6.45) is 1.18. The molecule has 1 fully saturated rings. The molecule has 2 rings (SSSR count). The third-order valence-corrected chi connectivity index (χ3v) is 5.46. The van der Waals surface area contributed by atoms with E-state index >= 15 is 0 Å². The number of nitrogens with zero attached hydrogens (tertiary/aromatic N) is 3. The van der Waals surface area contributed by atoms with Gasteiger partial charge < -0.3 is 9.64 Å². The van der Waals surface area contributed by atoms with Gasteiger partial charge >= 0.3 is 5.97 Å². The van der Waals surface area contributed by atoms with Gasteiger partial charge in [-0.2, -0.15) is 9.40 Å². The van der Waals surface area contributed by atoms with Crippen molar-refractivity contribution < 1.29 is 17.9 Å². The molecule has 21 heavy (non-hydrogen) atoms. The van der Waals surface area contributed by atoms with Gasteiger partial charge in [0.2, 0.25) is 0 Å². The number of esters is 1. The highest BCUT2D eigenvalue weighted by atomic mass is 32.2. The second-order valence-corrected chi connectivity index (χ2v) is 6.90. The Hall–Kier alpha value is -1.45. The number of ether oxygens (including phenoxy) is 1. The molecule has 118 valence electrons. The van der Waals surface area contributed by atoms with Crippen molar-refractivity contribution in [2.24, 2.45) is 0 Å². The minimum atomic E-state index is -3.78. The molecule has 0 bridgehead atoms. The Balaban J connectivity index is 2.29. The number of hydrogen-bond acceptors (Lipinski definition) is 6. The van der Waals surface area contributed by atoms with Gasteiger partial charge in [0.15, 0.2) is 5.03 Å². The average molecular weight is 316 g/mol. The van der Waals surface area contributed by atoms with E-state index in [1.165, 1.54) is 10.5 Å². The zero-order valence-electron chi connectivity index (χ0n) is 12.4. The minimum Gasteiger partial charge on any atom is -0.462 e. The molecule has 0 radical (unpaired) electrons. The van der Waals surface area contributed by atoms with E-state index in [0.29, 0.717) is 19.6 Å². The summed E-state index contributed by atoms with van der Waals surface area (Å²) in [6.45, 7) is 5.19. The third kappa shape index (κ3) is 3.09. The Bertz CT molecular complexity index is 613. The lowest BCUT2D eigenvalue weighted by atomic mass is 10.2. The number of carbonyl (C=O) groups excluding carboxylic acids is 1. The summed E-state index contributed by atoms with van der Waals surface area (Å²) in [4.78, 5) is 13.9. The lowest BCUT2D eigenvalue weighted by Crippen LogP contribution is -2.52. The molecule has 1 aliphatic rings. The maximum atomic E-state index is 12.7. The fourth-order valence-electron chi connectivity index (χ4n) is 2.19. The third-order valence-electron chi connectivity index (χ3n) is 3.62. The van der Waals surface area contributed by atoms with Crippen LogP contribution in [0, 0.1) is 0 Å². The summed E-state index contributed by atoms with van der Waals surface area (Å²) in [5.41, 5.74) is -0.0524. The molecule has 1 saturated heterocycles. The summed E-state index contributed by atoms with van der Waals surface area (Å²) in [7, 11) is -1.83. The Morgan fingerprint density at radius 1 is 1.52 bits per heavy atom. The van der Waals surface area contributed by atoms with Crippen LogP contribution in [0.3, 0.4) is 0 Å². The van der Waals surface area contributed by atoms with Crippen LogP contribution in [0.15, 0.2) is 11.2 Å². The summed E-state index contributed by atoms with van der Waals surface area (Å²) in [5.74, 6) is -0.688. The van der Waals surface area contributed by atoms with Crippen molar-refractivity contribution in [2.45, 2.75) is 24.9 Å². The first-order chi connectivity index (χ1) is 9.87. The molecule has 1 aliphatic heterocycles. The van der Waals surface area contributed by atoms with Crippen molar-refractivity contribution in [3.63, 3.8) is 0 Å². The first-order valence-electron chi connectivity index (χ1n) is 6.78. The Labute approximate surface area is 124 Å². The van der Waals surface area contributed by atoms with Crippen LogP contribution < -0.4 is 0 Å².